The van der Waals surface area contributed by atoms with Gasteiger partial charge in [0.05, 0.1) is 0 Å². The van der Waals surface area contributed by atoms with Gasteiger partial charge in [-0.15, -0.1) is 0 Å². The number of nitrogens with two attached hydrogens (primary N) is 1. The highest BCUT2D eigenvalue weighted by Gasteiger charge is 2.31. The second kappa shape index (κ2) is 5.49. The SMILES string of the molecule is C[C@@H](N)c1ccc(N2CCC3CCCCC3C2)nc1. The van der Waals surface area contributed by atoms with Crippen molar-refractivity contribution in [2.45, 2.75) is 45.1 Å². The molecule has 0 amide bonds. The van der Waals surface area contributed by atoms with Gasteiger partial charge in [0.2, 0.25) is 0 Å². The van der Waals surface area contributed by atoms with Crippen molar-refractivity contribution in [2.24, 2.45) is 17.6 Å². The van der Waals surface area contributed by atoms with Crippen LogP contribution in [0.4, 0.5) is 5.82 Å². The third kappa shape index (κ3) is 2.76. The average Bonchev–Trinajstić information content (AvgIpc) is 2.47. The standard InChI is InChI=1S/C16H25N3/c1-12(17)14-6-7-16(18-10-14)19-9-8-13-4-2-3-5-15(13)11-19/h6-7,10,12-13,15H,2-5,8-9,11,17H2,1H3/t12-,13?,15?/m1/s1. The monoisotopic (exact) mass is 259 g/mol. The number of aromatic nitrogens is 1. The maximum atomic E-state index is 5.88. The van der Waals surface area contributed by atoms with Gasteiger partial charge in [-0.25, -0.2) is 4.98 Å². The summed E-state index contributed by atoms with van der Waals surface area (Å²) in [7, 11) is 0. The molecule has 104 valence electrons. The van der Waals surface area contributed by atoms with Gasteiger partial charge in [-0.3, -0.25) is 0 Å². The molecule has 3 nitrogen and oxygen atoms in total. The lowest BCUT2D eigenvalue weighted by molar-refractivity contribution is 0.202. The van der Waals surface area contributed by atoms with Crippen LogP contribution in [0.5, 0.6) is 0 Å². The highest BCUT2D eigenvalue weighted by Crippen LogP contribution is 2.37. The predicted octanol–water partition coefficient (Wildman–Crippen LogP) is 3.12. The smallest absolute Gasteiger partial charge is 0.128 e. The maximum absolute atomic E-state index is 5.88. The van der Waals surface area contributed by atoms with E-state index in [0.29, 0.717) is 0 Å². The number of hydrogen-bond acceptors (Lipinski definition) is 3. The van der Waals surface area contributed by atoms with Crippen molar-refractivity contribution in [2.75, 3.05) is 18.0 Å². The first-order valence-corrected chi connectivity index (χ1v) is 7.70. The molecule has 2 unspecified atom stereocenters. The summed E-state index contributed by atoms with van der Waals surface area (Å²) in [5.74, 6) is 3.01. The molecular formula is C16H25N3. The van der Waals surface area contributed by atoms with E-state index < -0.39 is 0 Å². The first-order valence-electron chi connectivity index (χ1n) is 7.70. The summed E-state index contributed by atoms with van der Waals surface area (Å²) in [6.45, 7) is 4.38. The van der Waals surface area contributed by atoms with Crippen LogP contribution >= 0.6 is 0 Å². The van der Waals surface area contributed by atoms with Crippen LogP contribution in [0.1, 0.15) is 50.6 Å². The first kappa shape index (κ1) is 12.9. The third-order valence-corrected chi connectivity index (χ3v) is 4.91. The van der Waals surface area contributed by atoms with E-state index in [-0.39, 0.29) is 6.04 Å². The van der Waals surface area contributed by atoms with Crippen LogP contribution in [0.15, 0.2) is 18.3 Å². The quantitative estimate of drug-likeness (QED) is 0.887. The fourth-order valence-electron chi connectivity index (χ4n) is 3.66. The van der Waals surface area contributed by atoms with E-state index in [1.165, 1.54) is 45.2 Å². The van der Waals surface area contributed by atoms with Crippen molar-refractivity contribution in [1.82, 2.24) is 4.98 Å². The van der Waals surface area contributed by atoms with E-state index in [1.54, 1.807) is 0 Å². The topological polar surface area (TPSA) is 42.1 Å². The van der Waals surface area contributed by atoms with E-state index in [0.717, 1.165) is 23.2 Å². The molecule has 2 aliphatic rings. The molecule has 0 bridgehead atoms. The summed E-state index contributed by atoms with van der Waals surface area (Å²) in [5, 5.41) is 0. The molecule has 0 spiro atoms. The van der Waals surface area contributed by atoms with Crippen molar-refractivity contribution in [3.05, 3.63) is 23.9 Å². The lowest BCUT2D eigenvalue weighted by Crippen LogP contribution is -2.42. The number of anilines is 1. The Bertz CT molecular complexity index is 413. The summed E-state index contributed by atoms with van der Waals surface area (Å²) in [6.07, 6.45) is 9.03. The molecule has 1 aliphatic heterocycles. The Morgan fingerprint density at radius 2 is 2.00 bits per heavy atom. The summed E-state index contributed by atoms with van der Waals surface area (Å²) in [6, 6.07) is 4.34. The van der Waals surface area contributed by atoms with Crippen molar-refractivity contribution in [1.29, 1.82) is 0 Å². The minimum Gasteiger partial charge on any atom is -0.356 e. The number of piperidine rings is 1. The van der Waals surface area contributed by atoms with Gasteiger partial charge < -0.3 is 10.6 Å². The number of hydrogen-bond donors (Lipinski definition) is 1. The summed E-state index contributed by atoms with van der Waals surface area (Å²) in [5.41, 5.74) is 7.00. The van der Waals surface area contributed by atoms with Gasteiger partial charge in [-0.2, -0.15) is 0 Å². The highest BCUT2D eigenvalue weighted by atomic mass is 15.2. The number of fused-ring (bicyclic) bond motifs is 1. The van der Waals surface area contributed by atoms with Crippen LogP contribution in [0, 0.1) is 11.8 Å². The molecule has 3 atom stereocenters. The van der Waals surface area contributed by atoms with Crippen LogP contribution in [0.3, 0.4) is 0 Å². The molecule has 0 radical (unpaired) electrons. The molecule has 1 aromatic heterocycles. The largest absolute Gasteiger partial charge is 0.356 e. The fraction of sp³-hybridized carbons (Fsp3) is 0.688. The van der Waals surface area contributed by atoms with Gasteiger partial charge in [0.1, 0.15) is 5.82 Å². The molecular weight excluding hydrogens is 234 g/mol. The van der Waals surface area contributed by atoms with E-state index in [4.69, 9.17) is 5.73 Å². The molecule has 3 rings (SSSR count). The minimum absolute atomic E-state index is 0.0747. The van der Waals surface area contributed by atoms with E-state index >= 15 is 0 Å². The Labute approximate surface area is 116 Å². The van der Waals surface area contributed by atoms with E-state index in [2.05, 4.69) is 22.0 Å². The summed E-state index contributed by atoms with van der Waals surface area (Å²) in [4.78, 5) is 7.08. The normalized spacial score (nSPS) is 28.8. The fourth-order valence-corrected chi connectivity index (χ4v) is 3.66. The van der Waals surface area contributed by atoms with Gasteiger partial charge >= 0.3 is 0 Å². The van der Waals surface area contributed by atoms with Gasteiger partial charge in [0, 0.05) is 25.3 Å². The zero-order valence-corrected chi connectivity index (χ0v) is 11.9. The van der Waals surface area contributed by atoms with Gasteiger partial charge in [-0.1, -0.05) is 25.3 Å². The Morgan fingerprint density at radius 1 is 1.21 bits per heavy atom. The predicted molar refractivity (Wildman–Crippen MR) is 79.1 cm³/mol. The van der Waals surface area contributed by atoms with Crippen molar-refractivity contribution < 1.29 is 0 Å². The number of rotatable bonds is 2. The lowest BCUT2D eigenvalue weighted by Gasteiger charge is -2.41. The van der Waals surface area contributed by atoms with Crippen LogP contribution in [-0.4, -0.2) is 18.1 Å². The molecule has 2 fully saturated rings. The molecule has 1 saturated heterocycles. The number of pyridine rings is 1. The Hall–Kier alpha value is -1.09. The maximum Gasteiger partial charge on any atom is 0.128 e. The van der Waals surface area contributed by atoms with Crippen LogP contribution in [0.2, 0.25) is 0 Å². The van der Waals surface area contributed by atoms with Gasteiger partial charge in [0.15, 0.2) is 0 Å². The second-order valence-electron chi connectivity index (χ2n) is 6.28. The average molecular weight is 259 g/mol. The van der Waals surface area contributed by atoms with E-state index in [1.807, 2.05) is 13.1 Å². The van der Waals surface area contributed by atoms with Crippen molar-refractivity contribution in [3.8, 4) is 0 Å². The first-order chi connectivity index (χ1) is 9.24. The Kier molecular flexibility index (Phi) is 3.74. The molecule has 1 aromatic rings. The van der Waals surface area contributed by atoms with Gasteiger partial charge in [0.25, 0.3) is 0 Å². The molecule has 19 heavy (non-hydrogen) atoms. The second-order valence-corrected chi connectivity index (χ2v) is 6.28. The van der Waals surface area contributed by atoms with Crippen LogP contribution in [0.25, 0.3) is 0 Å². The summed E-state index contributed by atoms with van der Waals surface area (Å²) < 4.78 is 0. The Morgan fingerprint density at radius 3 is 2.68 bits per heavy atom. The Balaban J connectivity index is 1.69. The van der Waals surface area contributed by atoms with Gasteiger partial charge in [-0.05, 0) is 43.2 Å². The summed E-state index contributed by atoms with van der Waals surface area (Å²) >= 11 is 0. The third-order valence-electron chi connectivity index (χ3n) is 4.91. The van der Waals surface area contributed by atoms with Crippen molar-refractivity contribution in [3.63, 3.8) is 0 Å². The zero-order chi connectivity index (χ0) is 13.2. The van der Waals surface area contributed by atoms with E-state index in [9.17, 15) is 0 Å². The highest BCUT2D eigenvalue weighted by molar-refractivity contribution is 5.40. The molecule has 2 heterocycles. The molecule has 0 aromatic carbocycles. The van der Waals surface area contributed by atoms with Crippen LogP contribution in [-0.2, 0) is 0 Å². The van der Waals surface area contributed by atoms with Crippen LogP contribution < -0.4 is 10.6 Å². The molecule has 1 aliphatic carbocycles. The van der Waals surface area contributed by atoms with Crippen molar-refractivity contribution >= 4 is 5.82 Å². The lowest BCUT2D eigenvalue weighted by atomic mass is 9.75. The minimum atomic E-state index is 0.0747. The number of nitrogens with zero attached hydrogens (tertiary/aromatic N) is 2. The molecule has 2 N–H and O–H groups in total. The zero-order valence-electron chi connectivity index (χ0n) is 11.9. The molecule has 3 heteroatoms. The molecule has 1 saturated carbocycles.